The van der Waals surface area contributed by atoms with Gasteiger partial charge in [0.05, 0.1) is 0 Å². The van der Waals surface area contributed by atoms with Crippen LogP contribution in [0.4, 0.5) is 0 Å². The first-order valence-corrected chi connectivity index (χ1v) is 4.93. The van der Waals surface area contributed by atoms with Crippen molar-refractivity contribution in [2.24, 2.45) is 0 Å². The van der Waals surface area contributed by atoms with Gasteiger partial charge in [-0.15, -0.1) is 0 Å². The summed E-state index contributed by atoms with van der Waals surface area (Å²) in [7, 11) is 0. The van der Waals surface area contributed by atoms with Crippen molar-refractivity contribution in [3.05, 3.63) is 21.8 Å². The van der Waals surface area contributed by atoms with Crippen LogP contribution in [0.5, 0.6) is 0 Å². The van der Waals surface area contributed by atoms with E-state index in [0.29, 0.717) is 0 Å². The normalized spacial score (nSPS) is 18.8. The molecule has 0 aromatic carbocycles. The maximum atomic E-state index is 2.31. The smallest absolute Gasteiger partial charge is 0.0175 e. The number of hydrogen-bond acceptors (Lipinski definition) is 0. The van der Waals surface area contributed by atoms with Crippen LogP contribution >= 0.6 is 20.7 Å². The molecule has 0 radical (unpaired) electrons. The number of rotatable bonds is 0. The highest BCUT2D eigenvalue weighted by molar-refractivity contribution is 14.2. The lowest BCUT2D eigenvalue weighted by Gasteiger charge is -1.96. The molecule has 0 aromatic rings. The molecule has 0 fully saturated rings. The zero-order valence-corrected chi connectivity index (χ0v) is 7.27. The van der Waals surface area contributed by atoms with Gasteiger partial charge < -0.3 is 0 Å². The van der Waals surface area contributed by atoms with Gasteiger partial charge in [-0.05, 0) is 27.0 Å². The standard InChI is InChI=1S/C7H9I/c1-6-3-4-8-7(2)5-6/h3-5H,1-2H3. The summed E-state index contributed by atoms with van der Waals surface area (Å²) in [6, 6.07) is 0. The fourth-order valence-electron chi connectivity index (χ4n) is 0.624. The van der Waals surface area contributed by atoms with Crippen LogP contribution in [-0.4, -0.2) is 3.51 Å². The minimum Gasteiger partial charge on any atom is -0.0904 e. The minimum atomic E-state index is 0.284. The first-order chi connectivity index (χ1) is 3.79. The van der Waals surface area contributed by atoms with Crippen LogP contribution in [0.15, 0.2) is 21.8 Å². The SMILES string of the molecule is CC1=CC(C)=IC=C1. The van der Waals surface area contributed by atoms with Crippen LogP contribution in [0.2, 0.25) is 0 Å². The number of allylic oxidation sites excluding steroid dienone is 3. The van der Waals surface area contributed by atoms with Crippen molar-refractivity contribution in [2.45, 2.75) is 13.8 Å². The molecule has 0 unspecified atom stereocenters. The molecule has 0 aliphatic carbocycles. The molecule has 0 nitrogen and oxygen atoms in total. The lowest BCUT2D eigenvalue weighted by molar-refractivity contribution is 1.55. The fraction of sp³-hybridized carbons (Fsp3) is 0.286. The van der Waals surface area contributed by atoms with E-state index in [2.05, 4.69) is 30.1 Å². The summed E-state index contributed by atoms with van der Waals surface area (Å²) in [5.41, 5.74) is 1.40. The fourth-order valence-corrected chi connectivity index (χ4v) is 2.61. The Hall–Kier alpha value is 0.0800. The molecule has 0 atom stereocenters. The van der Waals surface area contributed by atoms with Crippen molar-refractivity contribution < 1.29 is 0 Å². The van der Waals surface area contributed by atoms with Gasteiger partial charge in [-0.2, -0.15) is 0 Å². The molecular weight excluding hydrogens is 211 g/mol. The van der Waals surface area contributed by atoms with E-state index in [1.165, 1.54) is 5.57 Å². The van der Waals surface area contributed by atoms with E-state index in [-0.39, 0.29) is 20.7 Å². The van der Waals surface area contributed by atoms with Gasteiger partial charge in [-0.25, -0.2) is 0 Å². The Morgan fingerprint density at radius 3 is 2.50 bits per heavy atom. The van der Waals surface area contributed by atoms with Crippen molar-refractivity contribution in [1.29, 1.82) is 0 Å². The second-order valence-corrected chi connectivity index (χ2v) is 4.92. The zero-order chi connectivity index (χ0) is 5.98. The van der Waals surface area contributed by atoms with Crippen LogP contribution in [0.1, 0.15) is 13.8 Å². The van der Waals surface area contributed by atoms with E-state index >= 15 is 0 Å². The lowest BCUT2D eigenvalue weighted by atomic mass is 10.2. The van der Waals surface area contributed by atoms with Crippen molar-refractivity contribution in [3.8, 4) is 0 Å². The molecule has 0 N–H and O–H groups in total. The van der Waals surface area contributed by atoms with Gasteiger partial charge in [0.25, 0.3) is 0 Å². The summed E-state index contributed by atoms with van der Waals surface area (Å²) < 4.78 is 3.88. The number of hydrogen-bond donors (Lipinski definition) is 0. The molecule has 0 spiro atoms. The van der Waals surface area contributed by atoms with Crippen molar-refractivity contribution in [3.63, 3.8) is 0 Å². The van der Waals surface area contributed by atoms with Crippen LogP contribution in [-0.2, 0) is 0 Å². The van der Waals surface area contributed by atoms with E-state index < -0.39 is 0 Å². The topological polar surface area (TPSA) is 0 Å². The summed E-state index contributed by atoms with van der Waals surface area (Å²) >= 11 is 0.284. The van der Waals surface area contributed by atoms with Crippen LogP contribution < -0.4 is 0 Å². The highest BCUT2D eigenvalue weighted by atomic mass is 127. The first-order valence-electron chi connectivity index (χ1n) is 2.61. The Kier molecular flexibility index (Phi) is 2.00. The van der Waals surface area contributed by atoms with E-state index in [0.717, 1.165) is 0 Å². The van der Waals surface area contributed by atoms with E-state index in [1.807, 2.05) is 0 Å². The predicted octanol–water partition coefficient (Wildman–Crippen LogP) is 2.62. The quantitative estimate of drug-likeness (QED) is 0.550. The summed E-state index contributed by atoms with van der Waals surface area (Å²) in [6.07, 6.45) is 4.48. The molecule has 44 valence electrons. The Balaban J connectivity index is 2.89. The average Bonchev–Trinajstić information content (AvgIpc) is 1.64. The third-order valence-corrected chi connectivity index (χ3v) is 3.00. The zero-order valence-electron chi connectivity index (χ0n) is 5.11. The van der Waals surface area contributed by atoms with E-state index in [1.54, 1.807) is 3.51 Å². The maximum absolute atomic E-state index is 2.31. The lowest BCUT2D eigenvalue weighted by Crippen LogP contribution is -1.82. The van der Waals surface area contributed by atoms with Crippen molar-refractivity contribution in [2.75, 3.05) is 0 Å². The molecule has 8 heavy (non-hydrogen) atoms. The van der Waals surface area contributed by atoms with Gasteiger partial charge in [0.15, 0.2) is 0 Å². The number of halogens is 1. The molecule has 0 saturated carbocycles. The van der Waals surface area contributed by atoms with Crippen molar-refractivity contribution >= 4 is 24.2 Å². The van der Waals surface area contributed by atoms with Gasteiger partial charge in [0, 0.05) is 0 Å². The largest absolute Gasteiger partial charge is 0.0904 e. The molecule has 0 saturated heterocycles. The monoisotopic (exact) mass is 220 g/mol. The summed E-state index contributed by atoms with van der Waals surface area (Å²) in [6.45, 7) is 4.35. The third-order valence-electron chi connectivity index (χ3n) is 0.988. The maximum Gasteiger partial charge on any atom is -0.0175 e. The molecule has 1 aliphatic rings. The van der Waals surface area contributed by atoms with E-state index in [4.69, 9.17) is 0 Å². The molecule has 1 aliphatic heterocycles. The van der Waals surface area contributed by atoms with E-state index in [9.17, 15) is 0 Å². The average molecular weight is 220 g/mol. The minimum absolute atomic E-state index is 0.284. The molecule has 0 amide bonds. The van der Waals surface area contributed by atoms with Gasteiger partial charge in [0.2, 0.25) is 0 Å². The summed E-state index contributed by atoms with van der Waals surface area (Å²) in [5.74, 6) is 0. The van der Waals surface area contributed by atoms with Gasteiger partial charge in [0.1, 0.15) is 0 Å². The van der Waals surface area contributed by atoms with Gasteiger partial charge in [-0.1, -0.05) is 32.9 Å². The van der Waals surface area contributed by atoms with Gasteiger partial charge >= 0.3 is 0 Å². The second kappa shape index (κ2) is 2.58. The Morgan fingerprint density at radius 2 is 2.12 bits per heavy atom. The first kappa shape index (κ1) is 6.20. The molecule has 0 aromatic heterocycles. The molecule has 0 bridgehead atoms. The second-order valence-electron chi connectivity index (χ2n) is 1.88. The van der Waals surface area contributed by atoms with Gasteiger partial charge in [-0.3, -0.25) is 0 Å². The molecule has 1 heterocycles. The predicted molar refractivity (Wildman–Crippen MR) is 47.6 cm³/mol. The Morgan fingerprint density at radius 1 is 1.38 bits per heavy atom. The Bertz CT molecular complexity index is 170. The summed E-state index contributed by atoms with van der Waals surface area (Å²) in [4.78, 5) is 0. The van der Waals surface area contributed by atoms with Crippen LogP contribution in [0.25, 0.3) is 0 Å². The van der Waals surface area contributed by atoms with Crippen LogP contribution in [0.3, 0.4) is 0 Å². The third kappa shape index (κ3) is 1.54. The summed E-state index contributed by atoms with van der Waals surface area (Å²) in [5, 5.41) is 0. The highest BCUT2D eigenvalue weighted by Gasteiger charge is 1.88. The molecule has 1 heteroatoms. The molecule has 1 rings (SSSR count). The highest BCUT2D eigenvalue weighted by Crippen LogP contribution is 2.13. The van der Waals surface area contributed by atoms with Crippen molar-refractivity contribution in [1.82, 2.24) is 0 Å². The molecular formula is C7H9I. The van der Waals surface area contributed by atoms with Crippen LogP contribution in [0, 0.1) is 0 Å². The Labute approximate surface area is 60.0 Å².